The lowest BCUT2D eigenvalue weighted by Gasteiger charge is -2.22. The number of esters is 2. The van der Waals surface area contributed by atoms with E-state index in [2.05, 4.69) is 13.2 Å². The minimum Gasteiger partial charge on any atom is -0.457 e. The summed E-state index contributed by atoms with van der Waals surface area (Å²) < 4.78 is 32.4. The number of carbonyl (C=O) groups is 2. The highest BCUT2D eigenvalue weighted by molar-refractivity contribution is 5.81. The molecule has 9 heteroatoms. The lowest BCUT2D eigenvalue weighted by molar-refractivity contribution is -0.149. The molecule has 0 aromatic rings. The van der Waals surface area contributed by atoms with Gasteiger partial charge < -0.3 is 33.5 Å². The van der Waals surface area contributed by atoms with Crippen LogP contribution < -0.4 is 0 Å². The van der Waals surface area contributed by atoms with E-state index in [0.29, 0.717) is 6.61 Å². The molecule has 0 saturated carbocycles. The second-order valence-corrected chi connectivity index (χ2v) is 6.93. The van der Waals surface area contributed by atoms with Crippen LogP contribution in [0.2, 0.25) is 0 Å². The first-order valence-corrected chi connectivity index (χ1v) is 9.90. The maximum Gasteiger partial charge on any atom is 0.330 e. The summed E-state index contributed by atoms with van der Waals surface area (Å²) >= 11 is 0. The molecule has 0 rings (SSSR count). The lowest BCUT2D eigenvalue weighted by atomic mass is 10.3. The van der Waals surface area contributed by atoms with E-state index in [9.17, 15) is 14.7 Å². The van der Waals surface area contributed by atoms with Gasteiger partial charge in [0.15, 0.2) is 0 Å². The number of hydrogen-bond donors (Lipinski definition) is 1. The molecule has 5 unspecified atom stereocenters. The first-order valence-electron chi connectivity index (χ1n) is 9.90. The molecule has 30 heavy (non-hydrogen) atoms. The number of carbonyl (C=O) groups excluding carboxylic acids is 2. The topological polar surface area (TPSA) is 110 Å². The number of aliphatic hydroxyl groups is 1. The zero-order valence-corrected chi connectivity index (χ0v) is 18.4. The molecule has 0 aliphatic heterocycles. The molecule has 174 valence electrons. The highest BCUT2D eigenvalue weighted by atomic mass is 16.6. The average Bonchev–Trinajstić information content (AvgIpc) is 2.69. The molecular weight excluding hydrogens is 396 g/mol. The van der Waals surface area contributed by atoms with Gasteiger partial charge in [-0.15, -0.1) is 0 Å². The smallest absolute Gasteiger partial charge is 0.330 e. The number of hydrogen-bond acceptors (Lipinski definition) is 9. The standard InChI is InChI=1S/C21H36O9/c1-7-20(23)29-17(5)11-26-14-19(28-9-15(3)22)13-25-10-16(4)27-12-18(6)30-21(24)8-2/h7-8,15-19,22H,1-2,9-14H2,3-6H3. The summed E-state index contributed by atoms with van der Waals surface area (Å²) in [6.07, 6.45) is 0.0925. The van der Waals surface area contributed by atoms with Crippen molar-refractivity contribution in [1.82, 2.24) is 0 Å². The largest absolute Gasteiger partial charge is 0.457 e. The lowest BCUT2D eigenvalue weighted by Crippen LogP contribution is -2.32. The third-order valence-electron chi connectivity index (χ3n) is 3.47. The number of aliphatic hydroxyl groups excluding tert-OH is 1. The molecule has 9 nitrogen and oxygen atoms in total. The first kappa shape index (κ1) is 28.2. The third-order valence-corrected chi connectivity index (χ3v) is 3.47. The third kappa shape index (κ3) is 16.1. The van der Waals surface area contributed by atoms with Gasteiger partial charge in [-0.2, -0.15) is 0 Å². The van der Waals surface area contributed by atoms with Crippen LogP contribution in [0.25, 0.3) is 0 Å². The Bertz CT molecular complexity index is 507. The normalized spacial score (nSPS) is 16.0. The molecule has 0 amide bonds. The Hall–Kier alpha value is -1.78. The van der Waals surface area contributed by atoms with E-state index in [1.54, 1.807) is 20.8 Å². The SMILES string of the molecule is C=CC(=O)OC(C)COCC(COCC(C)OCC(C)OC(=O)C=C)OCC(C)O. The van der Waals surface area contributed by atoms with Crippen molar-refractivity contribution in [3.8, 4) is 0 Å². The van der Waals surface area contributed by atoms with E-state index in [-0.39, 0.29) is 39.1 Å². The van der Waals surface area contributed by atoms with Crippen LogP contribution in [0.5, 0.6) is 0 Å². The van der Waals surface area contributed by atoms with Crippen LogP contribution in [0, 0.1) is 0 Å². The summed E-state index contributed by atoms with van der Waals surface area (Å²) in [5.41, 5.74) is 0. The van der Waals surface area contributed by atoms with Crippen LogP contribution in [0.15, 0.2) is 25.3 Å². The fourth-order valence-electron chi connectivity index (χ4n) is 2.06. The van der Waals surface area contributed by atoms with Gasteiger partial charge in [0.25, 0.3) is 0 Å². The molecule has 1 N–H and O–H groups in total. The number of rotatable bonds is 18. The summed E-state index contributed by atoms with van der Waals surface area (Å²) in [7, 11) is 0. The van der Waals surface area contributed by atoms with Crippen LogP contribution in [0.4, 0.5) is 0 Å². The van der Waals surface area contributed by atoms with Crippen molar-refractivity contribution in [3.05, 3.63) is 25.3 Å². The molecule has 0 saturated heterocycles. The summed E-state index contributed by atoms with van der Waals surface area (Å²) in [4.78, 5) is 22.3. The zero-order valence-electron chi connectivity index (χ0n) is 18.4. The zero-order chi connectivity index (χ0) is 22.9. The van der Waals surface area contributed by atoms with Crippen molar-refractivity contribution >= 4 is 11.9 Å². The van der Waals surface area contributed by atoms with E-state index in [4.69, 9.17) is 28.4 Å². The minimum atomic E-state index is -0.623. The number of ether oxygens (including phenoxy) is 6. The van der Waals surface area contributed by atoms with E-state index < -0.39 is 36.4 Å². The van der Waals surface area contributed by atoms with Crippen LogP contribution >= 0.6 is 0 Å². The Balaban J connectivity index is 4.22. The Kier molecular flexibility index (Phi) is 16.0. The first-order chi connectivity index (χ1) is 14.2. The molecule has 0 aromatic carbocycles. The molecule has 0 aromatic heterocycles. The van der Waals surface area contributed by atoms with Crippen molar-refractivity contribution in [3.63, 3.8) is 0 Å². The van der Waals surface area contributed by atoms with E-state index in [0.717, 1.165) is 12.2 Å². The predicted octanol–water partition coefficient (Wildman–Crippen LogP) is 1.43. The van der Waals surface area contributed by atoms with Crippen molar-refractivity contribution in [2.75, 3.05) is 39.6 Å². The Morgan fingerprint density at radius 1 is 0.733 bits per heavy atom. The molecule has 0 aliphatic rings. The van der Waals surface area contributed by atoms with E-state index in [1.807, 2.05) is 6.92 Å². The van der Waals surface area contributed by atoms with Crippen LogP contribution in [0.3, 0.4) is 0 Å². The van der Waals surface area contributed by atoms with Gasteiger partial charge in [-0.05, 0) is 27.7 Å². The van der Waals surface area contributed by atoms with E-state index in [1.165, 1.54) is 0 Å². The molecule has 0 heterocycles. The van der Waals surface area contributed by atoms with E-state index >= 15 is 0 Å². The molecule has 0 spiro atoms. The molecule has 0 fully saturated rings. The average molecular weight is 433 g/mol. The summed E-state index contributed by atoms with van der Waals surface area (Å²) in [6.45, 7) is 14.8. The van der Waals surface area contributed by atoms with Crippen molar-refractivity contribution < 1.29 is 43.1 Å². The van der Waals surface area contributed by atoms with Gasteiger partial charge in [-0.3, -0.25) is 0 Å². The maximum absolute atomic E-state index is 11.2. The van der Waals surface area contributed by atoms with Crippen LogP contribution in [0.1, 0.15) is 27.7 Å². The highest BCUT2D eigenvalue weighted by Gasteiger charge is 2.15. The monoisotopic (exact) mass is 432 g/mol. The van der Waals surface area contributed by atoms with Gasteiger partial charge >= 0.3 is 11.9 Å². The summed E-state index contributed by atoms with van der Waals surface area (Å²) in [6, 6.07) is 0. The van der Waals surface area contributed by atoms with Crippen molar-refractivity contribution in [2.24, 2.45) is 0 Å². The van der Waals surface area contributed by atoms with Gasteiger partial charge in [-0.1, -0.05) is 13.2 Å². The van der Waals surface area contributed by atoms with Crippen LogP contribution in [-0.2, 0) is 38.0 Å². The summed E-state index contributed by atoms with van der Waals surface area (Å²) in [5, 5.41) is 9.42. The Morgan fingerprint density at radius 2 is 1.20 bits per heavy atom. The molecular formula is C21H36O9. The second kappa shape index (κ2) is 17.0. The fourth-order valence-corrected chi connectivity index (χ4v) is 2.06. The Morgan fingerprint density at radius 3 is 1.67 bits per heavy atom. The van der Waals surface area contributed by atoms with Crippen molar-refractivity contribution in [2.45, 2.75) is 58.2 Å². The molecule has 0 aliphatic carbocycles. The fraction of sp³-hybridized carbons (Fsp3) is 0.714. The second-order valence-electron chi connectivity index (χ2n) is 6.93. The van der Waals surface area contributed by atoms with Gasteiger partial charge in [0.1, 0.15) is 18.3 Å². The van der Waals surface area contributed by atoms with Gasteiger partial charge in [-0.25, -0.2) is 9.59 Å². The van der Waals surface area contributed by atoms with Gasteiger partial charge in [0, 0.05) is 12.2 Å². The quantitative estimate of drug-likeness (QED) is 0.254. The van der Waals surface area contributed by atoms with Crippen LogP contribution in [-0.4, -0.2) is 87.2 Å². The van der Waals surface area contributed by atoms with Crippen molar-refractivity contribution in [1.29, 1.82) is 0 Å². The molecule has 5 atom stereocenters. The van der Waals surface area contributed by atoms with Gasteiger partial charge in [0.05, 0.1) is 51.8 Å². The predicted molar refractivity (Wildman–Crippen MR) is 110 cm³/mol. The van der Waals surface area contributed by atoms with Gasteiger partial charge in [0.2, 0.25) is 0 Å². The minimum absolute atomic E-state index is 0.136. The molecule has 0 bridgehead atoms. The summed E-state index contributed by atoms with van der Waals surface area (Å²) in [5.74, 6) is -1.01. The highest BCUT2D eigenvalue weighted by Crippen LogP contribution is 2.03. The Labute approximate surface area is 178 Å². The maximum atomic E-state index is 11.2. The molecule has 0 radical (unpaired) electrons.